The first-order valence-electron chi connectivity index (χ1n) is 6.18. The van der Waals surface area contributed by atoms with Gasteiger partial charge in [-0.25, -0.2) is 0 Å². The van der Waals surface area contributed by atoms with Gasteiger partial charge in [0, 0.05) is 19.0 Å². The molecule has 0 saturated heterocycles. The summed E-state index contributed by atoms with van der Waals surface area (Å²) in [5, 5.41) is 10.8. The molecule has 9 nitrogen and oxygen atoms in total. The Bertz CT molecular complexity index is 588. The van der Waals surface area contributed by atoms with Gasteiger partial charge in [0.05, 0.1) is 7.11 Å². The third-order valence-electron chi connectivity index (χ3n) is 2.91. The summed E-state index contributed by atoms with van der Waals surface area (Å²) in [7, 11) is 1.28. The van der Waals surface area contributed by atoms with Crippen LogP contribution in [0.2, 0.25) is 0 Å². The molecule has 1 amide bonds. The molecular formula is C12H13N3O6. The van der Waals surface area contributed by atoms with Crippen LogP contribution in [0.25, 0.3) is 0 Å². The highest BCUT2D eigenvalue weighted by molar-refractivity contribution is 5.96. The molecule has 1 aromatic rings. The van der Waals surface area contributed by atoms with Crippen LogP contribution in [-0.4, -0.2) is 42.0 Å². The fourth-order valence-corrected chi connectivity index (χ4v) is 1.88. The molecule has 1 aliphatic rings. The van der Waals surface area contributed by atoms with Crippen molar-refractivity contribution in [2.75, 3.05) is 25.2 Å². The first-order chi connectivity index (χ1) is 10.0. The predicted octanol–water partition coefficient (Wildman–Crippen LogP) is 0.668. The van der Waals surface area contributed by atoms with Gasteiger partial charge in [-0.15, -0.1) is 0 Å². The second-order valence-electron chi connectivity index (χ2n) is 4.26. The van der Waals surface area contributed by atoms with Crippen molar-refractivity contribution in [3.63, 3.8) is 0 Å². The van der Waals surface area contributed by atoms with Crippen molar-refractivity contribution in [1.29, 1.82) is 0 Å². The van der Waals surface area contributed by atoms with Crippen molar-refractivity contribution >= 4 is 23.5 Å². The standard InChI is InChI=1S/C12H13N3O6/c1-20-11(17)3-2-6-14-10(16)7-21-8-4-5-9(15(18)19)13-12(8)14/h4-5H,2-3,6-7H2,1H3. The minimum Gasteiger partial charge on any atom is -0.477 e. The molecule has 21 heavy (non-hydrogen) atoms. The van der Waals surface area contributed by atoms with Crippen LogP contribution in [0.5, 0.6) is 5.75 Å². The first-order valence-corrected chi connectivity index (χ1v) is 6.18. The molecule has 0 N–H and O–H groups in total. The van der Waals surface area contributed by atoms with E-state index in [1.807, 2.05) is 0 Å². The number of nitro groups is 1. The van der Waals surface area contributed by atoms with Gasteiger partial charge in [-0.2, -0.15) is 0 Å². The summed E-state index contributed by atoms with van der Waals surface area (Å²) in [5.41, 5.74) is 0. The first kappa shape index (κ1) is 14.7. The van der Waals surface area contributed by atoms with Gasteiger partial charge in [-0.1, -0.05) is 0 Å². The molecule has 0 aromatic carbocycles. The van der Waals surface area contributed by atoms with Crippen molar-refractivity contribution < 1.29 is 24.0 Å². The molecule has 0 unspecified atom stereocenters. The van der Waals surface area contributed by atoms with E-state index >= 15 is 0 Å². The van der Waals surface area contributed by atoms with E-state index in [4.69, 9.17) is 4.74 Å². The van der Waals surface area contributed by atoms with Gasteiger partial charge in [-0.05, 0) is 22.4 Å². The van der Waals surface area contributed by atoms with Crippen LogP contribution in [0.3, 0.4) is 0 Å². The molecule has 2 heterocycles. The van der Waals surface area contributed by atoms with Gasteiger partial charge >= 0.3 is 11.8 Å². The topological polar surface area (TPSA) is 112 Å². The van der Waals surface area contributed by atoms with Crippen LogP contribution < -0.4 is 9.64 Å². The number of amides is 1. The normalized spacial score (nSPS) is 13.4. The number of rotatable bonds is 5. The van der Waals surface area contributed by atoms with Gasteiger partial charge < -0.3 is 19.6 Å². The van der Waals surface area contributed by atoms with E-state index in [2.05, 4.69) is 9.72 Å². The summed E-state index contributed by atoms with van der Waals surface area (Å²) in [4.78, 5) is 38.1. The number of carbonyl (C=O) groups is 2. The van der Waals surface area contributed by atoms with Crippen LogP contribution in [-0.2, 0) is 14.3 Å². The fraction of sp³-hybridized carbons (Fsp3) is 0.417. The Hall–Kier alpha value is -2.71. The van der Waals surface area contributed by atoms with E-state index < -0.39 is 4.92 Å². The Morgan fingerprint density at radius 1 is 1.57 bits per heavy atom. The maximum absolute atomic E-state index is 11.9. The summed E-state index contributed by atoms with van der Waals surface area (Å²) in [6, 6.07) is 2.61. The third kappa shape index (κ3) is 3.25. The third-order valence-corrected chi connectivity index (χ3v) is 2.91. The summed E-state index contributed by atoms with van der Waals surface area (Å²) in [6.07, 6.45) is 0.508. The summed E-state index contributed by atoms with van der Waals surface area (Å²) in [6.45, 7) is 0.0448. The summed E-state index contributed by atoms with van der Waals surface area (Å²) in [5.74, 6) is -0.711. The molecular weight excluding hydrogens is 282 g/mol. The van der Waals surface area contributed by atoms with Crippen molar-refractivity contribution in [3.8, 4) is 5.75 Å². The zero-order valence-corrected chi connectivity index (χ0v) is 11.3. The highest BCUT2D eigenvalue weighted by atomic mass is 16.6. The molecule has 1 aromatic heterocycles. The Kier molecular flexibility index (Phi) is 4.31. The van der Waals surface area contributed by atoms with Crippen LogP contribution in [0.4, 0.5) is 11.6 Å². The van der Waals surface area contributed by atoms with Crippen LogP contribution in [0.1, 0.15) is 12.8 Å². The largest absolute Gasteiger partial charge is 0.477 e. The van der Waals surface area contributed by atoms with Crippen molar-refractivity contribution in [2.24, 2.45) is 0 Å². The molecule has 9 heteroatoms. The lowest BCUT2D eigenvalue weighted by molar-refractivity contribution is -0.389. The molecule has 0 bridgehead atoms. The van der Waals surface area contributed by atoms with Gasteiger partial charge in [0.25, 0.3) is 11.7 Å². The second kappa shape index (κ2) is 6.16. The van der Waals surface area contributed by atoms with Crippen LogP contribution in [0.15, 0.2) is 12.1 Å². The van der Waals surface area contributed by atoms with E-state index in [1.54, 1.807) is 0 Å². The number of methoxy groups -OCH3 is 1. The number of anilines is 1. The van der Waals surface area contributed by atoms with E-state index in [0.29, 0.717) is 12.2 Å². The fourth-order valence-electron chi connectivity index (χ4n) is 1.88. The summed E-state index contributed by atoms with van der Waals surface area (Å²) < 4.78 is 9.70. The van der Waals surface area contributed by atoms with E-state index in [-0.39, 0.29) is 43.1 Å². The molecule has 0 fully saturated rings. The average Bonchev–Trinajstić information content (AvgIpc) is 2.48. The number of pyridine rings is 1. The van der Waals surface area contributed by atoms with Crippen LogP contribution in [0, 0.1) is 10.1 Å². The van der Waals surface area contributed by atoms with E-state index in [1.165, 1.54) is 24.1 Å². The van der Waals surface area contributed by atoms with Crippen molar-refractivity contribution in [1.82, 2.24) is 4.98 Å². The molecule has 0 radical (unpaired) electrons. The highest BCUT2D eigenvalue weighted by Crippen LogP contribution is 2.32. The molecule has 0 atom stereocenters. The van der Waals surface area contributed by atoms with Gasteiger partial charge in [0.2, 0.25) is 0 Å². The quantitative estimate of drug-likeness (QED) is 0.445. The second-order valence-corrected chi connectivity index (χ2v) is 4.26. The maximum atomic E-state index is 11.9. The smallest absolute Gasteiger partial charge is 0.366 e. The minimum absolute atomic E-state index is 0.102. The maximum Gasteiger partial charge on any atom is 0.366 e. The van der Waals surface area contributed by atoms with E-state index in [0.717, 1.165) is 0 Å². The number of hydrogen-bond acceptors (Lipinski definition) is 7. The lowest BCUT2D eigenvalue weighted by atomic mass is 10.2. The molecule has 0 spiro atoms. The number of hydrogen-bond donors (Lipinski definition) is 0. The number of aromatic nitrogens is 1. The SMILES string of the molecule is COC(=O)CCCN1C(=O)COc2ccc([N+](=O)[O-])nc21. The molecule has 0 saturated carbocycles. The zero-order valence-electron chi connectivity index (χ0n) is 11.3. The minimum atomic E-state index is -0.647. The zero-order chi connectivity index (χ0) is 15.4. The Morgan fingerprint density at radius 3 is 3.00 bits per heavy atom. The molecule has 2 rings (SSSR count). The van der Waals surface area contributed by atoms with Gasteiger partial charge in [0.15, 0.2) is 12.4 Å². The number of ether oxygens (including phenoxy) is 2. The Morgan fingerprint density at radius 2 is 2.33 bits per heavy atom. The Balaban J connectivity index is 2.18. The van der Waals surface area contributed by atoms with Gasteiger partial charge in [-0.3, -0.25) is 14.5 Å². The van der Waals surface area contributed by atoms with E-state index in [9.17, 15) is 19.7 Å². The Labute approximate surface area is 119 Å². The number of carbonyl (C=O) groups excluding carboxylic acids is 2. The number of fused-ring (bicyclic) bond motifs is 1. The van der Waals surface area contributed by atoms with Crippen LogP contribution >= 0.6 is 0 Å². The molecule has 0 aliphatic carbocycles. The molecule has 112 valence electrons. The number of nitrogens with zero attached hydrogens (tertiary/aromatic N) is 3. The summed E-state index contributed by atoms with van der Waals surface area (Å²) >= 11 is 0. The van der Waals surface area contributed by atoms with Crippen molar-refractivity contribution in [2.45, 2.75) is 12.8 Å². The molecule has 1 aliphatic heterocycles. The number of esters is 1. The monoisotopic (exact) mass is 295 g/mol. The van der Waals surface area contributed by atoms with Crippen molar-refractivity contribution in [3.05, 3.63) is 22.2 Å². The predicted molar refractivity (Wildman–Crippen MR) is 70.0 cm³/mol. The average molecular weight is 295 g/mol. The lowest BCUT2D eigenvalue weighted by Gasteiger charge is -2.25. The van der Waals surface area contributed by atoms with Gasteiger partial charge in [0.1, 0.15) is 0 Å². The lowest BCUT2D eigenvalue weighted by Crippen LogP contribution is -2.40. The highest BCUT2D eigenvalue weighted by Gasteiger charge is 2.31.